The fourth-order valence-electron chi connectivity index (χ4n) is 1.04. The van der Waals surface area contributed by atoms with Crippen LogP contribution < -0.4 is 0 Å². The Morgan fingerprint density at radius 2 is 2.06 bits per heavy atom. The van der Waals surface area contributed by atoms with Crippen molar-refractivity contribution < 1.29 is 28.5 Å². The third-order valence-corrected chi connectivity index (χ3v) is 2.17. The van der Waals surface area contributed by atoms with Crippen molar-refractivity contribution in [2.24, 2.45) is 0 Å². The summed E-state index contributed by atoms with van der Waals surface area (Å²) in [6, 6.07) is 0.747. The summed E-state index contributed by atoms with van der Waals surface area (Å²) >= 11 is 5.36. The van der Waals surface area contributed by atoms with Crippen LogP contribution in [0.5, 0.6) is 5.75 Å². The second-order valence-electron chi connectivity index (χ2n) is 2.85. The van der Waals surface area contributed by atoms with Crippen molar-refractivity contribution in [3.05, 3.63) is 28.3 Å². The van der Waals surface area contributed by atoms with E-state index in [9.17, 15) is 18.7 Å². The van der Waals surface area contributed by atoms with Crippen LogP contribution in [-0.2, 0) is 9.53 Å². The van der Waals surface area contributed by atoms with E-state index in [-0.39, 0.29) is 0 Å². The molecule has 0 saturated heterocycles. The molecule has 4 nitrogen and oxygen atoms in total. The number of phenolic OH excluding ortho intramolecular Hbond substituents is 1. The summed E-state index contributed by atoms with van der Waals surface area (Å²) in [4.78, 5) is 10.9. The Morgan fingerprint density at radius 1 is 1.50 bits per heavy atom. The summed E-state index contributed by atoms with van der Waals surface area (Å²) in [6.07, 6.45) is -2.00. The van der Waals surface area contributed by atoms with Crippen molar-refractivity contribution in [1.29, 1.82) is 0 Å². The highest BCUT2D eigenvalue weighted by Gasteiger charge is 2.26. The monoisotopic (exact) mass is 252 g/mol. The second-order valence-corrected chi connectivity index (χ2v) is 3.26. The maximum absolute atomic E-state index is 13.2. The molecule has 0 amide bonds. The summed E-state index contributed by atoms with van der Waals surface area (Å²) in [5.74, 6) is -5.44. The molecule has 0 aromatic heterocycles. The number of halogens is 3. The first kappa shape index (κ1) is 12.7. The molecule has 0 aliphatic heterocycles. The van der Waals surface area contributed by atoms with E-state index in [4.69, 9.17) is 16.7 Å². The van der Waals surface area contributed by atoms with E-state index in [1.807, 2.05) is 0 Å². The largest absolute Gasteiger partial charge is 0.504 e. The fraction of sp³-hybridized carbons (Fsp3) is 0.222. The van der Waals surface area contributed by atoms with E-state index in [1.165, 1.54) is 0 Å². The maximum atomic E-state index is 13.2. The first-order chi connectivity index (χ1) is 7.40. The van der Waals surface area contributed by atoms with Gasteiger partial charge in [-0.05, 0) is 6.07 Å². The van der Waals surface area contributed by atoms with E-state index in [0.717, 1.165) is 13.2 Å². The highest BCUT2D eigenvalue weighted by molar-refractivity contribution is 6.32. The van der Waals surface area contributed by atoms with Gasteiger partial charge < -0.3 is 14.9 Å². The number of hydrogen-bond donors (Lipinski definition) is 2. The van der Waals surface area contributed by atoms with Crippen LogP contribution in [0.4, 0.5) is 8.78 Å². The van der Waals surface area contributed by atoms with E-state index in [2.05, 4.69) is 4.74 Å². The Kier molecular flexibility index (Phi) is 3.66. The maximum Gasteiger partial charge on any atom is 0.339 e. The molecule has 88 valence electrons. The SMILES string of the molecule is COC(=O)C(O)c1cc(Cl)c(O)c(F)c1F. The van der Waals surface area contributed by atoms with Crippen LogP contribution in [0.1, 0.15) is 11.7 Å². The first-order valence-corrected chi connectivity index (χ1v) is 4.40. The lowest BCUT2D eigenvalue weighted by Gasteiger charge is -2.11. The molecule has 0 aliphatic carbocycles. The Balaban J connectivity index is 3.30. The molecule has 7 heteroatoms. The molecule has 2 N–H and O–H groups in total. The molecule has 0 bridgehead atoms. The van der Waals surface area contributed by atoms with E-state index >= 15 is 0 Å². The number of benzene rings is 1. The first-order valence-electron chi connectivity index (χ1n) is 4.02. The minimum Gasteiger partial charge on any atom is -0.504 e. The Morgan fingerprint density at radius 3 is 2.56 bits per heavy atom. The summed E-state index contributed by atoms with van der Waals surface area (Å²) in [5, 5.41) is 17.7. The van der Waals surface area contributed by atoms with Crippen LogP contribution >= 0.6 is 11.6 Å². The van der Waals surface area contributed by atoms with E-state index in [1.54, 1.807) is 0 Å². The Bertz CT molecular complexity index is 436. The number of aliphatic hydroxyl groups excluding tert-OH is 1. The van der Waals surface area contributed by atoms with Crippen LogP contribution in [0.3, 0.4) is 0 Å². The molecule has 0 spiro atoms. The van der Waals surface area contributed by atoms with Gasteiger partial charge in [-0.3, -0.25) is 0 Å². The molecule has 0 saturated carbocycles. The minimum atomic E-state index is -2.00. The summed E-state index contributed by atoms with van der Waals surface area (Å²) in [6.45, 7) is 0. The number of phenols is 1. The average molecular weight is 253 g/mol. The number of rotatable bonds is 2. The zero-order valence-electron chi connectivity index (χ0n) is 8.00. The van der Waals surface area contributed by atoms with E-state index in [0.29, 0.717) is 0 Å². The number of ether oxygens (including phenoxy) is 1. The van der Waals surface area contributed by atoms with Crippen molar-refractivity contribution in [3.8, 4) is 5.75 Å². The lowest BCUT2D eigenvalue weighted by molar-refractivity contribution is -0.150. The highest BCUT2D eigenvalue weighted by Crippen LogP contribution is 2.33. The molecular formula is C9H7ClF2O4. The molecule has 0 heterocycles. The molecule has 16 heavy (non-hydrogen) atoms. The van der Waals surface area contributed by atoms with Crippen molar-refractivity contribution in [1.82, 2.24) is 0 Å². The quantitative estimate of drug-likeness (QED) is 0.619. The Hall–Kier alpha value is -1.40. The molecule has 1 aromatic carbocycles. The van der Waals surface area contributed by atoms with Gasteiger partial charge in [0.1, 0.15) is 0 Å². The van der Waals surface area contributed by atoms with Crippen LogP contribution in [0, 0.1) is 11.6 Å². The number of esters is 1. The summed E-state index contributed by atoms with van der Waals surface area (Å²) < 4.78 is 30.4. The van der Waals surface area contributed by atoms with Crippen LogP contribution in [0.15, 0.2) is 6.07 Å². The average Bonchev–Trinajstić information content (AvgIpc) is 2.29. The lowest BCUT2D eigenvalue weighted by atomic mass is 10.1. The molecule has 1 rings (SSSR count). The van der Waals surface area contributed by atoms with Crippen molar-refractivity contribution in [2.75, 3.05) is 7.11 Å². The molecule has 1 unspecified atom stereocenters. The van der Waals surface area contributed by atoms with Crippen molar-refractivity contribution >= 4 is 17.6 Å². The van der Waals surface area contributed by atoms with Gasteiger partial charge in [0.25, 0.3) is 0 Å². The van der Waals surface area contributed by atoms with Crippen molar-refractivity contribution in [3.63, 3.8) is 0 Å². The van der Waals surface area contributed by atoms with Gasteiger partial charge in [-0.2, -0.15) is 4.39 Å². The zero-order valence-corrected chi connectivity index (χ0v) is 8.76. The third kappa shape index (κ3) is 2.07. The molecule has 1 atom stereocenters. The van der Waals surface area contributed by atoms with Crippen LogP contribution in [0.25, 0.3) is 0 Å². The molecule has 1 aromatic rings. The second kappa shape index (κ2) is 4.63. The standard InChI is InChI=1S/C9H7ClF2O4/c1-16-9(15)7(13)3-2-4(10)8(14)6(12)5(3)11/h2,7,13-14H,1H3. The predicted octanol–water partition coefficient (Wildman–Crippen LogP) is 1.53. The summed E-state index contributed by atoms with van der Waals surface area (Å²) in [7, 11) is 0.974. The topological polar surface area (TPSA) is 66.8 Å². The predicted molar refractivity (Wildman–Crippen MR) is 50.0 cm³/mol. The van der Waals surface area contributed by atoms with Gasteiger partial charge in [0, 0.05) is 5.56 Å². The van der Waals surface area contributed by atoms with Gasteiger partial charge in [-0.25, -0.2) is 9.18 Å². The zero-order chi connectivity index (χ0) is 12.5. The highest BCUT2D eigenvalue weighted by atomic mass is 35.5. The number of carbonyl (C=O) groups is 1. The molecule has 0 fully saturated rings. The molecule has 0 radical (unpaired) electrons. The van der Waals surface area contributed by atoms with Gasteiger partial charge in [0.15, 0.2) is 17.7 Å². The van der Waals surface area contributed by atoms with Gasteiger partial charge in [0.05, 0.1) is 12.1 Å². The van der Waals surface area contributed by atoms with Gasteiger partial charge >= 0.3 is 5.97 Å². The molecule has 0 aliphatic rings. The van der Waals surface area contributed by atoms with Gasteiger partial charge in [-0.1, -0.05) is 11.6 Å². The Labute approximate surface area is 94.0 Å². The normalized spacial score (nSPS) is 12.3. The number of aliphatic hydroxyl groups is 1. The van der Waals surface area contributed by atoms with Crippen LogP contribution in [-0.4, -0.2) is 23.3 Å². The number of carbonyl (C=O) groups excluding carboxylic acids is 1. The van der Waals surface area contributed by atoms with Gasteiger partial charge in [0.2, 0.25) is 5.82 Å². The number of methoxy groups -OCH3 is 1. The number of hydrogen-bond acceptors (Lipinski definition) is 4. The fourth-order valence-corrected chi connectivity index (χ4v) is 1.24. The van der Waals surface area contributed by atoms with E-state index < -0.39 is 40.0 Å². The smallest absolute Gasteiger partial charge is 0.339 e. The van der Waals surface area contributed by atoms with Crippen LogP contribution in [0.2, 0.25) is 5.02 Å². The number of aromatic hydroxyl groups is 1. The third-order valence-electron chi connectivity index (χ3n) is 1.88. The lowest BCUT2D eigenvalue weighted by Crippen LogP contribution is -2.15. The minimum absolute atomic E-state index is 0.517. The summed E-state index contributed by atoms with van der Waals surface area (Å²) in [5.41, 5.74) is -0.702. The molecular weight excluding hydrogens is 246 g/mol. The van der Waals surface area contributed by atoms with Crippen molar-refractivity contribution in [2.45, 2.75) is 6.10 Å². The van der Waals surface area contributed by atoms with Gasteiger partial charge in [-0.15, -0.1) is 0 Å².